The molecule has 0 spiro atoms. The van der Waals surface area contributed by atoms with Crippen LogP contribution in [0.25, 0.3) is 10.9 Å². The first-order chi connectivity index (χ1) is 9.72. The molecule has 0 radical (unpaired) electrons. The van der Waals surface area contributed by atoms with Gasteiger partial charge in [-0.25, -0.2) is 4.98 Å². The van der Waals surface area contributed by atoms with Crippen LogP contribution < -0.4 is 10.2 Å². The van der Waals surface area contributed by atoms with Gasteiger partial charge in [0.1, 0.15) is 5.82 Å². The standard InChI is InChI=1S/C15H17N5/c1-20(2)14-7-8-16-15(19-14)17-10-12-9-11-5-3-4-6-13(11)18-12/h3-9,18H,10H2,1-2H3,(H,16,17,19). The zero-order valence-corrected chi connectivity index (χ0v) is 11.6. The van der Waals surface area contributed by atoms with Crippen LogP contribution >= 0.6 is 0 Å². The summed E-state index contributed by atoms with van der Waals surface area (Å²) in [6, 6.07) is 12.3. The number of rotatable bonds is 4. The first kappa shape index (κ1) is 12.5. The zero-order chi connectivity index (χ0) is 13.9. The Morgan fingerprint density at radius 3 is 2.85 bits per heavy atom. The van der Waals surface area contributed by atoms with Crippen LogP contribution in [-0.4, -0.2) is 29.0 Å². The van der Waals surface area contributed by atoms with E-state index in [0.717, 1.165) is 17.0 Å². The molecule has 102 valence electrons. The molecular formula is C15H17N5. The lowest BCUT2D eigenvalue weighted by molar-refractivity contribution is 0.993. The van der Waals surface area contributed by atoms with Crippen LogP contribution in [0.2, 0.25) is 0 Å². The van der Waals surface area contributed by atoms with Crippen LogP contribution in [0.15, 0.2) is 42.6 Å². The van der Waals surface area contributed by atoms with Crippen molar-refractivity contribution in [2.75, 3.05) is 24.3 Å². The zero-order valence-electron chi connectivity index (χ0n) is 11.6. The van der Waals surface area contributed by atoms with Gasteiger partial charge in [-0.2, -0.15) is 4.98 Å². The molecule has 0 saturated carbocycles. The first-order valence-corrected chi connectivity index (χ1v) is 6.53. The van der Waals surface area contributed by atoms with Crippen LogP contribution in [0.4, 0.5) is 11.8 Å². The molecule has 5 heteroatoms. The molecule has 2 N–H and O–H groups in total. The minimum Gasteiger partial charge on any atom is -0.363 e. The first-order valence-electron chi connectivity index (χ1n) is 6.53. The average molecular weight is 267 g/mol. The number of para-hydroxylation sites is 1. The number of hydrogen-bond acceptors (Lipinski definition) is 4. The minimum atomic E-state index is 0.634. The number of hydrogen-bond donors (Lipinski definition) is 2. The molecule has 5 nitrogen and oxygen atoms in total. The summed E-state index contributed by atoms with van der Waals surface area (Å²) in [6.07, 6.45) is 1.76. The monoisotopic (exact) mass is 267 g/mol. The lowest BCUT2D eigenvalue weighted by Gasteiger charge is -2.11. The number of aromatic amines is 1. The third-order valence-electron chi connectivity index (χ3n) is 3.12. The molecule has 3 rings (SSSR count). The molecule has 1 aromatic carbocycles. The van der Waals surface area contributed by atoms with E-state index in [4.69, 9.17) is 0 Å². The molecule has 0 bridgehead atoms. The van der Waals surface area contributed by atoms with Crippen LogP contribution in [-0.2, 0) is 6.54 Å². The van der Waals surface area contributed by atoms with Crippen molar-refractivity contribution in [1.82, 2.24) is 15.0 Å². The molecule has 0 atom stereocenters. The lowest BCUT2D eigenvalue weighted by atomic mass is 10.2. The normalized spacial score (nSPS) is 10.7. The number of anilines is 2. The number of fused-ring (bicyclic) bond motifs is 1. The summed E-state index contributed by atoms with van der Waals surface area (Å²) in [5, 5.41) is 4.45. The maximum Gasteiger partial charge on any atom is 0.224 e. The molecule has 0 aliphatic rings. The van der Waals surface area contributed by atoms with Gasteiger partial charge in [-0.05, 0) is 23.6 Å². The van der Waals surface area contributed by atoms with Crippen LogP contribution in [0.3, 0.4) is 0 Å². The summed E-state index contributed by atoms with van der Waals surface area (Å²) in [7, 11) is 3.92. The predicted molar refractivity (Wildman–Crippen MR) is 82.0 cm³/mol. The number of H-pyrrole nitrogens is 1. The van der Waals surface area contributed by atoms with Crippen LogP contribution in [0.5, 0.6) is 0 Å². The van der Waals surface area contributed by atoms with E-state index in [2.05, 4.69) is 38.5 Å². The van der Waals surface area contributed by atoms with E-state index in [0.29, 0.717) is 12.5 Å². The molecule has 2 aromatic heterocycles. The Labute approximate surface area is 117 Å². The highest BCUT2D eigenvalue weighted by molar-refractivity contribution is 5.80. The Balaban J connectivity index is 1.74. The Bertz CT molecular complexity index is 684. The van der Waals surface area contributed by atoms with Crippen LogP contribution in [0.1, 0.15) is 5.69 Å². The van der Waals surface area contributed by atoms with E-state index in [1.807, 2.05) is 37.2 Å². The Kier molecular flexibility index (Phi) is 3.25. The van der Waals surface area contributed by atoms with E-state index in [1.54, 1.807) is 6.20 Å². The predicted octanol–water partition coefficient (Wildman–Crippen LogP) is 2.64. The highest BCUT2D eigenvalue weighted by Crippen LogP contribution is 2.15. The third-order valence-corrected chi connectivity index (χ3v) is 3.12. The fourth-order valence-electron chi connectivity index (χ4n) is 2.09. The highest BCUT2D eigenvalue weighted by Gasteiger charge is 2.03. The topological polar surface area (TPSA) is 56.8 Å². The van der Waals surface area contributed by atoms with Crippen molar-refractivity contribution in [3.63, 3.8) is 0 Å². The van der Waals surface area contributed by atoms with Gasteiger partial charge in [0.05, 0.1) is 6.54 Å². The molecule has 0 unspecified atom stereocenters. The summed E-state index contributed by atoms with van der Waals surface area (Å²) in [6.45, 7) is 0.672. The van der Waals surface area contributed by atoms with E-state index in [-0.39, 0.29) is 0 Å². The van der Waals surface area contributed by atoms with Crippen molar-refractivity contribution in [2.45, 2.75) is 6.54 Å². The number of nitrogens with one attached hydrogen (secondary N) is 2. The van der Waals surface area contributed by atoms with E-state index < -0.39 is 0 Å². The van der Waals surface area contributed by atoms with Gasteiger partial charge in [0.25, 0.3) is 0 Å². The minimum absolute atomic E-state index is 0.634. The van der Waals surface area contributed by atoms with Gasteiger partial charge < -0.3 is 15.2 Å². The number of nitrogens with zero attached hydrogens (tertiary/aromatic N) is 3. The van der Waals surface area contributed by atoms with Gasteiger partial charge in [0.2, 0.25) is 5.95 Å². The molecule has 20 heavy (non-hydrogen) atoms. The molecule has 0 amide bonds. The highest BCUT2D eigenvalue weighted by atomic mass is 15.2. The van der Waals surface area contributed by atoms with Crippen LogP contribution in [0, 0.1) is 0 Å². The maximum atomic E-state index is 4.43. The second-order valence-electron chi connectivity index (χ2n) is 4.87. The summed E-state index contributed by atoms with van der Waals surface area (Å²) in [5.41, 5.74) is 2.26. The summed E-state index contributed by atoms with van der Waals surface area (Å²) in [5.74, 6) is 1.52. The largest absolute Gasteiger partial charge is 0.363 e. The van der Waals surface area contributed by atoms with Crippen molar-refractivity contribution in [3.05, 3.63) is 48.3 Å². The molecule has 0 saturated heterocycles. The SMILES string of the molecule is CN(C)c1ccnc(NCc2cc3ccccc3[nH]2)n1. The Hall–Kier alpha value is -2.56. The van der Waals surface area contributed by atoms with Crippen molar-refractivity contribution < 1.29 is 0 Å². The number of benzene rings is 1. The Morgan fingerprint density at radius 1 is 1.20 bits per heavy atom. The van der Waals surface area contributed by atoms with Gasteiger partial charge in [0.15, 0.2) is 0 Å². The fourth-order valence-corrected chi connectivity index (χ4v) is 2.09. The lowest BCUT2D eigenvalue weighted by Crippen LogP contribution is -2.12. The molecule has 2 heterocycles. The van der Waals surface area contributed by atoms with E-state index in [1.165, 1.54) is 5.39 Å². The van der Waals surface area contributed by atoms with E-state index in [9.17, 15) is 0 Å². The third kappa shape index (κ3) is 2.56. The maximum absolute atomic E-state index is 4.43. The molecule has 3 aromatic rings. The van der Waals surface area contributed by atoms with Crippen molar-refractivity contribution in [1.29, 1.82) is 0 Å². The molecule has 0 fully saturated rings. The van der Waals surface area contributed by atoms with Gasteiger partial charge in [-0.3, -0.25) is 0 Å². The van der Waals surface area contributed by atoms with Gasteiger partial charge in [-0.15, -0.1) is 0 Å². The second kappa shape index (κ2) is 5.21. The summed E-state index contributed by atoms with van der Waals surface area (Å²) in [4.78, 5) is 14.0. The molecule has 0 aliphatic heterocycles. The summed E-state index contributed by atoms with van der Waals surface area (Å²) < 4.78 is 0. The van der Waals surface area contributed by atoms with E-state index >= 15 is 0 Å². The van der Waals surface area contributed by atoms with Crippen molar-refractivity contribution >= 4 is 22.7 Å². The molecule has 0 aliphatic carbocycles. The van der Waals surface area contributed by atoms with Gasteiger partial charge in [0, 0.05) is 31.5 Å². The van der Waals surface area contributed by atoms with Crippen molar-refractivity contribution in [3.8, 4) is 0 Å². The Morgan fingerprint density at radius 2 is 2.05 bits per heavy atom. The van der Waals surface area contributed by atoms with Crippen molar-refractivity contribution in [2.24, 2.45) is 0 Å². The quantitative estimate of drug-likeness (QED) is 0.763. The van der Waals surface area contributed by atoms with Gasteiger partial charge >= 0.3 is 0 Å². The summed E-state index contributed by atoms with van der Waals surface area (Å²) >= 11 is 0. The molecular weight excluding hydrogens is 250 g/mol. The number of aromatic nitrogens is 3. The second-order valence-corrected chi connectivity index (χ2v) is 4.87. The average Bonchev–Trinajstić information content (AvgIpc) is 2.88. The smallest absolute Gasteiger partial charge is 0.224 e. The fraction of sp³-hybridized carbons (Fsp3) is 0.200. The van der Waals surface area contributed by atoms with Gasteiger partial charge in [-0.1, -0.05) is 18.2 Å².